The highest BCUT2D eigenvalue weighted by Crippen LogP contribution is 2.23. The van der Waals surface area contributed by atoms with E-state index < -0.39 is 0 Å². The predicted octanol–water partition coefficient (Wildman–Crippen LogP) is 5.56. The second-order valence-electron chi connectivity index (χ2n) is 5.54. The number of aromatic nitrogens is 2. The Balaban J connectivity index is 1.75. The smallest absolute Gasteiger partial charge is 0.256 e. The lowest BCUT2D eigenvalue weighted by Gasteiger charge is -2.06. The maximum absolute atomic E-state index is 12.3. The van der Waals surface area contributed by atoms with Crippen LogP contribution in [-0.2, 0) is 6.54 Å². The van der Waals surface area contributed by atoms with Crippen molar-refractivity contribution in [2.24, 2.45) is 0 Å². The molecule has 1 amide bonds. The van der Waals surface area contributed by atoms with E-state index in [1.807, 2.05) is 37.3 Å². The molecule has 1 heterocycles. The molecular formula is C18H14BrCl2N3O. The van der Waals surface area contributed by atoms with Gasteiger partial charge in [-0.25, -0.2) is 0 Å². The van der Waals surface area contributed by atoms with Crippen molar-refractivity contribution in [3.63, 3.8) is 0 Å². The lowest BCUT2D eigenvalue weighted by molar-refractivity contribution is 0.102. The van der Waals surface area contributed by atoms with Gasteiger partial charge in [-0.2, -0.15) is 5.10 Å². The zero-order valence-electron chi connectivity index (χ0n) is 13.3. The number of carbonyl (C=O) groups is 1. The number of nitrogens with zero attached hydrogens (tertiary/aromatic N) is 2. The van der Waals surface area contributed by atoms with Crippen LogP contribution in [0.5, 0.6) is 0 Å². The molecule has 25 heavy (non-hydrogen) atoms. The van der Waals surface area contributed by atoms with Gasteiger partial charge < -0.3 is 5.32 Å². The van der Waals surface area contributed by atoms with Crippen LogP contribution in [0.3, 0.4) is 0 Å². The number of carbonyl (C=O) groups excluding carboxylic acids is 1. The number of hydrogen-bond donors (Lipinski definition) is 1. The maximum Gasteiger partial charge on any atom is 0.256 e. The van der Waals surface area contributed by atoms with Crippen molar-refractivity contribution in [3.8, 4) is 0 Å². The fourth-order valence-electron chi connectivity index (χ4n) is 2.36. The van der Waals surface area contributed by atoms with Gasteiger partial charge in [0.25, 0.3) is 5.91 Å². The fourth-order valence-corrected chi connectivity index (χ4v) is 3.08. The maximum atomic E-state index is 12.3. The third-order valence-corrected chi connectivity index (χ3v) is 4.86. The van der Waals surface area contributed by atoms with E-state index in [1.54, 1.807) is 22.9 Å². The van der Waals surface area contributed by atoms with Crippen LogP contribution in [-0.4, -0.2) is 15.7 Å². The molecule has 3 rings (SSSR count). The minimum Gasteiger partial charge on any atom is -0.305 e. The van der Waals surface area contributed by atoms with E-state index in [-0.39, 0.29) is 5.91 Å². The first-order chi connectivity index (χ1) is 11.9. The van der Waals surface area contributed by atoms with E-state index in [9.17, 15) is 4.79 Å². The van der Waals surface area contributed by atoms with Crippen molar-refractivity contribution in [2.75, 3.05) is 5.32 Å². The summed E-state index contributed by atoms with van der Waals surface area (Å²) in [5, 5.41) is 8.28. The molecule has 0 unspecified atom stereocenters. The Labute approximate surface area is 163 Å². The average molecular weight is 439 g/mol. The Bertz CT molecular complexity index is 940. The van der Waals surface area contributed by atoms with E-state index in [0.29, 0.717) is 28.0 Å². The van der Waals surface area contributed by atoms with Crippen LogP contribution in [0, 0.1) is 6.92 Å². The SMILES string of the molecule is Cc1cc(NC(=O)c2cccc(Br)c2)nn1Cc1ccc(Cl)c(Cl)c1. The summed E-state index contributed by atoms with van der Waals surface area (Å²) in [6.45, 7) is 2.47. The number of halogens is 3. The lowest BCUT2D eigenvalue weighted by atomic mass is 10.2. The standard InChI is InChI=1S/C18H14BrCl2N3O/c1-11-7-17(22-18(25)13-3-2-4-14(19)9-13)23-24(11)10-12-5-6-15(20)16(21)8-12/h2-9H,10H2,1H3,(H,22,23,25). The average Bonchev–Trinajstić information content (AvgIpc) is 2.90. The van der Waals surface area contributed by atoms with Crippen molar-refractivity contribution in [3.05, 3.63) is 79.9 Å². The zero-order chi connectivity index (χ0) is 18.0. The molecule has 7 heteroatoms. The van der Waals surface area contributed by atoms with Crippen LogP contribution < -0.4 is 5.32 Å². The first kappa shape index (κ1) is 18.0. The van der Waals surface area contributed by atoms with Crippen molar-refractivity contribution >= 4 is 50.9 Å². The molecule has 0 saturated heterocycles. The van der Waals surface area contributed by atoms with Gasteiger partial charge in [0.15, 0.2) is 5.82 Å². The molecule has 1 aromatic heterocycles. The first-order valence-electron chi connectivity index (χ1n) is 7.47. The number of amides is 1. The Morgan fingerprint density at radius 2 is 1.96 bits per heavy atom. The van der Waals surface area contributed by atoms with E-state index in [4.69, 9.17) is 23.2 Å². The molecule has 0 spiro atoms. The number of rotatable bonds is 4. The summed E-state index contributed by atoms with van der Waals surface area (Å²) >= 11 is 15.4. The molecular weight excluding hydrogens is 425 g/mol. The van der Waals surface area contributed by atoms with E-state index >= 15 is 0 Å². The first-order valence-corrected chi connectivity index (χ1v) is 9.02. The fraction of sp³-hybridized carbons (Fsp3) is 0.111. The molecule has 0 saturated carbocycles. The molecule has 0 bridgehead atoms. The molecule has 3 aromatic rings. The summed E-state index contributed by atoms with van der Waals surface area (Å²) in [6.07, 6.45) is 0. The Morgan fingerprint density at radius 3 is 2.68 bits per heavy atom. The van der Waals surface area contributed by atoms with Gasteiger partial charge in [0.05, 0.1) is 16.6 Å². The van der Waals surface area contributed by atoms with E-state index in [1.165, 1.54) is 0 Å². The summed E-state index contributed by atoms with van der Waals surface area (Å²) in [5.41, 5.74) is 2.46. The summed E-state index contributed by atoms with van der Waals surface area (Å²) in [4.78, 5) is 12.3. The van der Waals surface area contributed by atoms with Crippen LogP contribution in [0.15, 0.2) is 53.0 Å². The normalized spacial score (nSPS) is 10.7. The molecule has 0 aliphatic heterocycles. The number of anilines is 1. The molecule has 0 fully saturated rings. The van der Waals surface area contributed by atoms with E-state index in [0.717, 1.165) is 15.7 Å². The summed E-state index contributed by atoms with van der Waals surface area (Å²) in [6, 6.07) is 14.5. The third-order valence-electron chi connectivity index (χ3n) is 3.63. The van der Waals surface area contributed by atoms with Gasteiger partial charge in [-0.1, -0.05) is 51.3 Å². The van der Waals surface area contributed by atoms with Gasteiger partial charge in [-0.3, -0.25) is 9.48 Å². The highest BCUT2D eigenvalue weighted by molar-refractivity contribution is 9.10. The monoisotopic (exact) mass is 437 g/mol. The number of aryl methyl sites for hydroxylation is 1. The Morgan fingerprint density at radius 1 is 1.16 bits per heavy atom. The highest BCUT2D eigenvalue weighted by Gasteiger charge is 2.11. The van der Waals surface area contributed by atoms with Crippen molar-refractivity contribution in [1.29, 1.82) is 0 Å². The molecule has 0 aliphatic carbocycles. The molecule has 4 nitrogen and oxygen atoms in total. The van der Waals surface area contributed by atoms with Crippen LogP contribution in [0.1, 0.15) is 21.6 Å². The Hall–Kier alpha value is -1.82. The molecule has 128 valence electrons. The molecule has 0 radical (unpaired) electrons. The van der Waals surface area contributed by atoms with E-state index in [2.05, 4.69) is 26.3 Å². The van der Waals surface area contributed by atoms with Crippen LogP contribution >= 0.6 is 39.1 Å². The third kappa shape index (κ3) is 4.42. The predicted molar refractivity (Wildman–Crippen MR) is 105 cm³/mol. The second-order valence-corrected chi connectivity index (χ2v) is 7.27. The minimum absolute atomic E-state index is 0.208. The van der Waals surface area contributed by atoms with Crippen LogP contribution in [0.2, 0.25) is 10.0 Å². The topological polar surface area (TPSA) is 46.9 Å². The van der Waals surface area contributed by atoms with Gasteiger partial charge in [0.2, 0.25) is 0 Å². The highest BCUT2D eigenvalue weighted by atomic mass is 79.9. The van der Waals surface area contributed by atoms with Crippen LogP contribution in [0.4, 0.5) is 5.82 Å². The van der Waals surface area contributed by atoms with Gasteiger partial charge >= 0.3 is 0 Å². The molecule has 0 aliphatic rings. The lowest BCUT2D eigenvalue weighted by Crippen LogP contribution is -2.13. The summed E-state index contributed by atoms with van der Waals surface area (Å²) < 4.78 is 2.65. The zero-order valence-corrected chi connectivity index (χ0v) is 16.4. The summed E-state index contributed by atoms with van der Waals surface area (Å²) in [7, 11) is 0. The van der Waals surface area contributed by atoms with Crippen molar-refractivity contribution in [2.45, 2.75) is 13.5 Å². The number of benzene rings is 2. The van der Waals surface area contributed by atoms with Crippen LogP contribution in [0.25, 0.3) is 0 Å². The summed E-state index contributed by atoms with van der Waals surface area (Å²) in [5.74, 6) is 0.294. The molecule has 2 aromatic carbocycles. The van der Waals surface area contributed by atoms with Gasteiger partial charge in [-0.15, -0.1) is 0 Å². The van der Waals surface area contributed by atoms with Gasteiger partial charge in [0.1, 0.15) is 0 Å². The molecule has 1 N–H and O–H groups in total. The number of hydrogen-bond acceptors (Lipinski definition) is 2. The number of nitrogens with one attached hydrogen (secondary N) is 1. The minimum atomic E-state index is -0.208. The van der Waals surface area contributed by atoms with Crippen molar-refractivity contribution in [1.82, 2.24) is 9.78 Å². The van der Waals surface area contributed by atoms with Gasteiger partial charge in [-0.05, 0) is 42.8 Å². The van der Waals surface area contributed by atoms with Gasteiger partial charge in [0, 0.05) is 21.8 Å². The largest absolute Gasteiger partial charge is 0.305 e. The molecule has 0 atom stereocenters. The Kier molecular flexibility index (Phi) is 5.47. The van der Waals surface area contributed by atoms with Crippen molar-refractivity contribution < 1.29 is 4.79 Å². The second kappa shape index (κ2) is 7.60. The quantitative estimate of drug-likeness (QED) is 0.579.